The first kappa shape index (κ1) is 11.9. The van der Waals surface area contributed by atoms with Gasteiger partial charge in [-0.05, 0) is 52.5 Å². The highest BCUT2D eigenvalue weighted by Gasteiger charge is 2.32. The lowest BCUT2D eigenvalue weighted by Gasteiger charge is -2.32. The van der Waals surface area contributed by atoms with Crippen LogP contribution >= 0.6 is 0 Å². The van der Waals surface area contributed by atoms with E-state index in [0.717, 1.165) is 13.0 Å². The Hall–Kier alpha value is -0.590. The van der Waals surface area contributed by atoms with Crippen LogP contribution in [0, 0.1) is 11.3 Å². The second-order valence-corrected chi connectivity index (χ2v) is 5.81. The SMILES string of the molecule is CC1(C)CCCN1CCC(C#N)NC1CC1. The van der Waals surface area contributed by atoms with Crippen LogP contribution in [0.25, 0.3) is 0 Å². The number of hydrogen-bond acceptors (Lipinski definition) is 3. The summed E-state index contributed by atoms with van der Waals surface area (Å²) < 4.78 is 0. The van der Waals surface area contributed by atoms with E-state index in [9.17, 15) is 0 Å². The minimum atomic E-state index is 0.0592. The van der Waals surface area contributed by atoms with Crippen molar-refractivity contribution in [3.63, 3.8) is 0 Å². The Bertz CT molecular complexity index is 275. The van der Waals surface area contributed by atoms with Crippen molar-refractivity contribution in [1.82, 2.24) is 10.2 Å². The lowest BCUT2D eigenvalue weighted by Crippen LogP contribution is -2.41. The number of likely N-dealkylation sites (tertiary alicyclic amines) is 1. The summed E-state index contributed by atoms with van der Waals surface area (Å²) in [6.45, 7) is 6.89. The molecule has 0 aromatic carbocycles. The summed E-state index contributed by atoms with van der Waals surface area (Å²) in [5, 5.41) is 12.5. The molecule has 1 heterocycles. The van der Waals surface area contributed by atoms with E-state index in [2.05, 4.69) is 30.1 Å². The fourth-order valence-corrected chi connectivity index (χ4v) is 2.58. The molecule has 1 N–H and O–H groups in total. The van der Waals surface area contributed by atoms with Gasteiger partial charge >= 0.3 is 0 Å². The molecule has 0 spiro atoms. The van der Waals surface area contributed by atoms with Crippen molar-refractivity contribution in [1.29, 1.82) is 5.26 Å². The van der Waals surface area contributed by atoms with E-state index in [4.69, 9.17) is 5.26 Å². The van der Waals surface area contributed by atoms with Gasteiger partial charge in [-0.25, -0.2) is 0 Å². The molecule has 1 unspecified atom stereocenters. The zero-order chi connectivity index (χ0) is 11.6. The maximum absolute atomic E-state index is 9.08. The lowest BCUT2D eigenvalue weighted by molar-refractivity contribution is 0.169. The first-order valence-corrected chi connectivity index (χ1v) is 6.52. The van der Waals surface area contributed by atoms with Crippen molar-refractivity contribution >= 4 is 0 Å². The Balaban J connectivity index is 1.74. The summed E-state index contributed by atoms with van der Waals surface area (Å²) in [6, 6.07) is 3.08. The minimum Gasteiger partial charge on any atom is -0.299 e. The van der Waals surface area contributed by atoms with E-state index < -0.39 is 0 Å². The number of hydrogen-bond donors (Lipinski definition) is 1. The van der Waals surface area contributed by atoms with E-state index in [1.165, 1.54) is 32.2 Å². The molecular formula is C13H23N3. The van der Waals surface area contributed by atoms with Crippen molar-refractivity contribution < 1.29 is 0 Å². The van der Waals surface area contributed by atoms with Gasteiger partial charge in [0.25, 0.3) is 0 Å². The van der Waals surface area contributed by atoms with Crippen LogP contribution in [0.2, 0.25) is 0 Å². The molecule has 1 aliphatic carbocycles. The van der Waals surface area contributed by atoms with Crippen LogP contribution in [0.4, 0.5) is 0 Å². The third-order valence-electron chi connectivity index (χ3n) is 3.93. The molecule has 2 aliphatic rings. The van der Waals surface area contributed by atoms with Crippen LogP contribution in [0.15, 0.2) is 0 Å². The van der Waals surface area contributed by atoms with Crippen molar-refractivity contribution in [2.75, 3.05) is 13.1 Å². The Kier molecular flexibility index (Phi) is 3.51. The van der Waals surface area contributed by atoms with Crippen LogP contribution in [0.3, 0.4) is 0 Å². The Morgan fingerprint density at radius 1 is 1.50 bits per heavy atom. The van der Waals surface area contributed by atoms with Crippen molar-refractivity contribution in [3.8, 4) is 6.07 Å². The summed E-state index contributed by atoms with van der Waals surface area (Å²) in [5.41, 5.74) is 0.347. The molecule has 90 valence electrons. The molecule has 1 aliphatic heterocycles. The Morgan fingerprint density at radius 3 is 2.75 bits per heavy atom. The number of nitriles is 1. The smallest absolute Gasteiger partial charge is 0.0967 e. The molecule has 1 saturated heterocycles. The monoisotopic (exact) mass is 221 g/mol. The van der Waals surface area contributed by atoms with E-state index in [0.29, 0.717) is 11.6 Å². The van der Waals surface area contributed by atoms with E-state index in [1.54, 1.807) is 0 Å². The van der Waals surface area contributed by atoms with Gasteiger partial charge in [0.15, 0.2) is 0 Å². The minimum absolute atomic E-state index is 0.0592. The maximum Gasteiger partial charge on any atom is 0.0967 e. The highest BCUT2D eigenvalue weighted by Crippen LogP contribution is 2.28. The fourth-order valence-electron chi connectivity index (χ4n) is 2.58. The van der Waals surface area contributed by atoms with Gasteiger partial charge in [-0.2, -0.15) is 5.26 Å². The van der Waals surface area contributed by atoms with Gasteiger partial charge in [0.2, 0.25) is 0 Å². The lowest BCUT2D eigenvalue weighted by atomic mass is 10.0. The van der Waals surface area contributed by atoms with Gasteiger partial charge in [-0.15, -0.1) is 0 Å². The van der Waals surface area contributed by atoms with Crippen LogP contribution in [0.5, 0.6) is 0 Å². The van der Waals surface area contributed by atoms with Gasteiger partial charge in [0.05, 0.1) is 12.1 Å². The van der Waals surface area contributed by atoms with Crippen LogP contribution in [-0.2, 0) is 0 Å². The number of nitrogens with zero attached hydrogens (tertiary/aromatic N) is 2. The predicted octanol–water partition coefficient (Wildman–Crippen LogP) is 1.90. The second kappa shape index (κ2) is 4.73. The fraction of sp³-hybridized carbons (Fsp3) is 0.923. The van der Waals surface area contributed by atoms with E-state index in [-0.39, 0.29) is 6.04 Å². The second-order valence-electron chi connectivity index (χ2n) is 5.81. The molecule has 2 fully saturated rings. The van der Waals surface area contributed by atoms with Gasteiger partial charge in [0.1, 0.15) is 0 Å². The van der Waals surface area contributed by atoms with Gasteiger partial charge in [-0.3, -0.25) is 10.2 Å². The Labute approximate surface area is 98.8 Å². The first-order valence-electron chi connectivity index (χ1n) is 6.52. The molecule has 0 aromatic rings. The molecule has 16 heavy (non-hydrogen) atoms. The third kappa shape index (κ3) is 2.96. The summed E-state index contributed by atoms with van der Waals surface area (Å²) in [4.78, 5) is 2.53. The number of nitrogens with one attached hydrogen (secondary N) is 1. The molecule has 1 atom stereocenters. The average Bonchev–Trinajstić information content (AvgIpc) is 2.98. The molecule has 0 aromatic heterocycles. The van der Waals surface area contributed by atoms with Crippen LogP contribution < -0.4 is 5.32 Å². The van der Waals surface area contributed by atoms with Gasteiger partial charge in [0, 0.05) is 18.1 Å². The largest absolute Gasteiger partial charge is 0.299 e. The highest BCUT2D eigenvalue weighted by molar-refractivity contribution is 4.97. The molecule has 0 bridgehead atoms. The molecule has 3 heteroatoms. The number of rotatable bonds is 5. The summed E-state index contributed by atoms with van der Waals surface area (Å²) >= 11 is 0. The summed E-state index contributed by atoms with van der Waals surface area (Å²) in [7, 11) is 0. The van der Waals surface area contributed by atoms with Crippen molar-refractivity contribution in [3.05, 3.63) is 0 Å². The first-order chi connectivity index (χ1) is 7.62. The molecule has 0 amide bonds. The maximum atomic E-state index is 9.08. The van der Waals surface area contributed by atoms with Crippen LogP contribution in [-0.4, -0.2) is 35.6 Å². The van der Waals surface area contributed by atoms with Crippen LogP contribution in [0.1, 0.15) is 46.0 Å². The van der Waals surface area contributed by atoms with E-state index in [1.807, 2.05) is 0 Å². The molecule has 2 rings (SSSR count). The molecule has 3 nitrogen and oxygen atoms in total. The summed E-state index contributed by atoms with van der Waals surface area (Å²) in [6.07, 6.45) is 6.08. The van der Waals surface area contributed by atoms with Gasteiger partial charge in [-0.1, -0.05) is 0 Å². The third-order valence-corrected chi connectivity index (χ3v) is 3.93. The van der Waals surface area contributed by atoms with Crippen molar-refractivity contribution in [2.45, 2.75) is 63.6 Å². The quantitative estimate of drug-likeness (QED) is 0.770. The molecular weight excluding hydrogens is 198 g/mol. The topological polar surface area (TPSA) is 39.1 Å². The average molecular weight is 221 g/mol. The highest BCUT2D eigenvalue weighted by atomic mass is 15.2. The zero-order valence-electron chi connectivity index (χ0n) is 10.5. The molecule has 0 radical (unpaired) electrons. The predicted molar refractivity (Wildman–Crippen MR) is 65.1 cm³/mol. The standard InChI is InChI=1S/C13H23N3/c1-13(2)7-3-8-16(13)9-6-12(10-14)15-11-4-5-11/h11-12,15H,3-9H2,1-2H3. The van der Waals surface area contributed by atoms with Crippen molar-refractivity contribution in [2.24, 2.45) is 0 Å². The zero-order valence-corrected chi connectivity index (χ0v) is 10.5. The normalized spacial score (nSPS) is 26.6. The molecule has 1 saturated carbocycles. The summed E-state index contributed by atoms with van der Waals surface area (Å²) in [5.74, 6) is 0. The Morgan fingerprint density at radius 2 is 2.25 bits per heavy atom. The van der Waals surface area contributed by atoms with Gasteiger partial charge < -0.3 is 0 Å². The van der Waals surface area contributed by atoms with E-state index >= 15 is 0 Å².